The molecular weight excluding hydrogens is 276 g/mol. The van der Waals surface area contributed by atoms with Crippen molar-refractivity contribution in [3.8, 4) is 0 Å². The van der Waals surface area contributed by atoms with E-state index in [4.69, 9.17) is 0 Å². The first-order chi connectivity index (χ1) is 5.80. The lowest BCUT2D eigenvalue weighted by molar-refractivity contribution is -0.111. The highest BCUT2D eigenvalue weighted by molar-refractivity contribution is 9.11. The normalized spacial score (nSPS) is 14.0. The van der Waals surface area contributed by atoms with Crippen LogP contribution in [0.5, 0.6) is 0 Å². The second-order valence-electron chi connectivity index (χ2n) is 1.85. The summed E-state index contributed by atoms with van der Waals surface area (Å²) in [6.45, 7) is 1.54. The van der Waals surface area contributed by atoms with Gasteiger partial charge in [-0.3, -0.25) is 4.79 Å². The van der Waals surface area contributed by atoms with E-state index in [9.17, 15) is 22.4 Å². The maximum atomic E-state index is 12.6. The minimum Gasteiger partial charge on any atom is -0.279 e. The Bertz CT molecular complexity index is 235. The Balaban J connectivity index is 4.72. The van der Waals surface area contributed by atoms with Crippen LogP contribution in [0.25, 0.3) is 0 Å². The topological polar surface area (TPSA) is 17.1 Å². The minimum atomic E-state index is -4.85. The van der Waals surface area contributed by atoms with E-state index in [1.54, 1.807) is 0 Å². The Labute approximate surface area is 84.7 Å². The summed E-state index contributed by atoms with van der Waals surface area (Å²) in [5.74, 6) is -1.57. The van der Waals surface area contributed by atoms with Crippen molar-refractivity contribution in [2.24, 2.45) is 0 Å². The van der Waals surface area contributed by atoms with Crippen molar-refractivity contribution < 1.29 is 22.4 Å². The second-order valence-corrected chi connectivity index (χ2v) is 3.88. The summed E-state index contributed by atoms with van der Waals surface area (Å²) in [7, 11) is 0. The molecule has 0 saturated heterocycles. The molecule has 0 aromatic heterocycles. The van der Waals surface area contributed by atoms with Gasteiger partial charge in [-0.1, -0.05) is 18.7 Å². The van der Waals surface area contributed by atoms with Gasteiger partial charge < -0.3 is 0 Å². The standard InChI is InChI=1S/C6H5BrF4OS/c1-2-13-5(12)3(8)4(7)6(9,10)11/h2H2,1H3/b4-3+. The van der Waals surface area contributed by atoms with Crippen LogP contribution in [0.4, 0.5) is 17.6 Å². The van der Waals surface area contributed by atoms with E-state index < -0.39 is 21.6 Å². The van der Waals surface area contributed by atoms with Crippen LogP contribution < -0.4 is 0 Å². The molecule has 76 valence electrons. The lowest BCUT2D eigenvalue weighted by Crippen LogP contribution is -2.11. The van der Waals surface area contributed by atoms with Crippen molar-refractivity contribution in [3.63, 3.8) is 0 Å². The summed E-state index contributed by atoms with van der Waals surface area (Å²) in [5.41, 5.74) is 0. The zero-order valence-corrected chi connectivity index (χ0v) is 8.82. The predicted molar refractivity (Wildman–Crippen MR) is 46.3 cm³/mol. The molecule has 0 radical (unpaired) electrons. The van der Waals surface area contributed by atoms with Crippen molar-refractivity contribution in [2.75, 3.05) is 5.75 Å². The third kappa shape index (κ3) is 4.12. The molecule has 0 atom stereocenters. The number of alkyl halides is 3. The lowest BCUT2D eigenvalue weighted by atomic mass is 10.5. The molecule has 0 N–H and O–H groups in total. The average Bonchev–Trinajstić information content (AvgIpc) is 2.00. The number of rotatable bonds is 2. The number of carbonyl (C=O) groups is 1. The molecule has 0 spiro atoms. The number of halogens is 5. The molecule has 0 amide bonds. The molecule has 0 aromatic carbocycles. The van der Waals surface area contributed by atoms with Crippen molar-refractivity contribution in [2.45, 2.75) is 13.1 Å². The number of thioether (sulfide) groups is 1. The highest BCUT2D eigenvalue weighted by atomic mass is 79.9. The summed E-state index contributed by atoms with van der Waals surface area (Å²) in [4.78, 5) is 10.6. The van der Waals surface area contributed by atoms with Crippen LogP contribution in [0, 0.1) is 0 Å². The van der Waals surface area contributed by atoms with E-state index in [2.05, 4.69) is 0 Å². The van der Waals surface area contributed by atoms with Crippen LogP contribution >= 0.6 is 27.7 Å². The van der Waals surface area contributed by atoms with Gasteiger partial charge in [-0.25, -0.2) is 4.39 Å². The van der Waals surface area contributed by atoms with E-state index in [-0.39, 0.29) is 5.75 Å². The maximum absolute atomic E-state index is 12.6. The monoisotopic (exact) mass is 280 g/mol. The Hall–Kier alpha value is -0.0400. The van der Waals surface area contributed by atoms with Gasteiger partial charge in [-0.15, -0.1) is 0 Å². The Morgan fingerprint density at radius 1 is 1.46 bits per heavy atom. The molecule has 0 aliphatic carbocycles. The molecule has 0 heterocycles. The van der Waals surface area contributed by atoms with Gasteiger partial charge in [0.2, 0.25) is 5.12 Å². The van der Waals surface area contributed by atoms with Crippen molar-refractivity contribution in [1.29, 1.82) is 0 Å². The Morgan fingerprint density at radius 2 is 1.92 bits per heavy atom. The zero-order valence-electron chi connectivity index (χ0n) is 6.41. The quantitative estimate of drug-likeness (QED) is 0.570. The van der Waals surface area contributed by atoms with Crippen LogP contribution in [-0.4, -0.2) is 17.0 Å². The average molecular weight is 281 g/mol. The van der Waals surface area contributed by atoms with Gasteiger partial charge in [0.15, 0.2) is 5.83 Å². The van der Waals surface area contributed by atoms with E-state index >= 15 is 0 Å². The van der Waals surface area contributed by atoms with E-state index in [1.807, 2.05) is 15.9 Å². The van der Waals surface area contributed by atoms with Crippen LogP contribution in [0.1, 0.15) is 6.92 Å². The molecule has 0 fully saturated rings. The lowest BCUT2D eigenvalue weighted by Gasteiger charge is -2.05. The third-order valence-electron chi connectivity index (χ3n) is 0.896. The molecule has 1 nitrogen and oxygen atoms in total. The number of carbonyl (C=O) groups excluding carboxylic acids is 1. The molecule has 0 aliphatic rings. The fraction of sp³-hybridized carbons (Fsp3) is 0.500. The number of allylic oxidation sites excluding steroid dienone is 1. The fourth-order valence-corrected chi connectivity index (χ4v) is 1.21. The Kier molecular flexibility index (Phi) is 4.98. The van der Waals surface area contributed by atoms with Crippen molar-refractivity contribution in [3.05, 3.63) is 10.3 Å². The highest BCUT2D eigenvalue weighted by Crippen LogP contribution is 2.34. The molecule has 0 aromatic rings. The molecular formula is C6H5BrF4OS. The van der Waals surface area contributed by atoms with Gasteiger partial charge in [-0.2, -0.15) is 13.2 Å². The van der Waals surface area contributed by atoms with Crippen molar-refractivity contribution in [1.82, 2.24) is 0 Å². The van der Waals surface area contributed by atoms with Crippen LogP contribution in [-0.2, 0) is 4.79 Å². The SMILES string of the molecule is CCSC(=O)/C(F)=C(\Br)C(F)(F)F. The first kappa shape index (κ1) is 13.0. The molecule has 0 rings (SSSR count). The summed E-state index contributed by atoms with van der Waals surface area (Å²) >= 11 is 2.46. The number of hydrogen-bond donors (Lipinski definition) is 0. The largest absolute Gasteiger partial charge is 0.425 e. The van der Waals surface area contributed by atoms with Gasteiger partial charge in [0.1, 0.15) is 4.48 Å². The van der Waals surface area contributed by atoms with E-state index in [1.165, 1.54) is 6.92 Å². The molecule has 13 heavy (non-hydrogen) atoms. The molecule has 0 bridgehead atoms. The summed E-state index contributed by atoms with van der Waals surface area (Å²) in [6, 6.07) is 0. The zero-order chi connectivity index (χ0) is 10.6. The minimum absolute atomic E-state index is 0.227. The molecule has 0 aliphatic heterocycles. The predicted octanol–water partition coefficient (Wildman–Crippen LogP) is 3.40. The maximum Gasteiger partial charge on any atom is 0.425 e. The molecule has 7 heteroatoms. The summed E-state index contributed by atoms with van der Waals surface area (Å²) in [6.07, 6.45) is -4.85. The second kappa shape index (κ2) is 4.99. The van der Waals surface area contributed by atoms with Crippen LogP contribution in [0.15, 0.2) is 10.3 Å². The van der Waals surface area contributed by atoms with E-state index in [0.29, 0.717) is 11.8 Å². The van der Waals surface area contributed by atoms with Gasteiger partial charge >= 0.3 is 6.18 Å². The fourth-order valence-electron chi connectivity index (χ4n) is 0.409. The highest BCUT2D eigenvalue weighted by Gasteiger charge is 2.37. The third-order valence-corrected chi connectivity index (χ3v) is 2.42. The first-order valence-corrected chi connectivity index (χ1v) is 4.88. The van der Waals surface area contributed by atoms with Gasteiger partial charge in [0.05, 0.1) is 0 Å². The summed E-state index contributed by atoms with van der Waals surface area (Å²) in [5, 5.41) is -1.22. The smallest absolute Gasteiger partial charge is 0.279 e. The summed E-state index contributed by atoms with van der Waals surface area (Å²) < 4.78 is 46.3. The van der Waals surface area contributed by atoms with Crippen LogP contribution in [0.3, 0.4) is 0 Å². The van der Waals surface area contributed by atoms with Gasteiger partial charge in [0.25, 0.3) is 0 Å². The van der Waals surface area contributed by atoms with Gasteiger partial charge in [-0.05, 0) is 21.7 Å². The molecule has 0 saturated carbocycles. The number of hydrogen-bond acceptors (Lipinski definition) is 2. The van der Waals surface area contributed by atoms with E-state index in [0.717, 1.165) is 0 Å². The van der Waals surface area contributed by atoms with Gasteiger partial charge in [0, 0.05) is 0 Å². The molecule has 0 unspecified atom stereocenters. The first-order valence-electron chi connectivity index (χ1n) is 3.10. The Morgan fingerprint density at radius 3 is 2.23 bits per heavy atom. The van der Waals surface area contributed by atoms with Crippen LogP contribution in [0.2, 0.25) is 0 Å². The van der Waals surface area contributed by atoms with Crippen molar-refractivity contribution >= 4 is 32.8 Å².